The summed E-state index contributed by atoms with van der Waals surface area (Å²) >= 11 is 0. The predicted octanol–water partition coefficient (Wildman–Crippen LogP) is 1.43. The highest BCUT2D eigenvalue weighted by atomic mass is 16.5. The third-order valence-electron chi connectivity index (χ3n) is 5.02. The molecule has 1 N–H and O–H groups in total. The molecule has 4 rings (SSSR count). The summed E-state index contributed by atoms with van der Waals surface area (Å²) in [5, 5.41) is 7.12. The molecule has 2 fully saturated rings. The van der Waals surface area contributed by atoms with Crippen LogP contribution in [0.3, 0.4) is 0 Å². The Kier molecular flexibility index (Phi) is 4.50. The Morgan fingerprint density at radius 2 is 2.36 bits per heavy atom. The number of fused-ring (bicyclic) bond motifs is 1. The van der Waals surface area contributed by atoms with Gasteiger partial charge in [0.15, 0.2) is 0 Å². The molecule has 2 aromatic heterocycles. The summed E-state index contributed by atoms with van der Waals surface area (Å²) in [6.45, 7) is 2.79. The van der Waals surface area contributed by atoms with Gasteiger partial charge in [-0.2, -0.15) is 5.10 Å². The zero-order valence-corrected chi connectivity index (χ0v) is 14.3. The lowest BCUT2D eigenvalue weighted by molar-refractivity contribution is -0.127. The van der Waals surface area contributed by atoms with Crippen molar-refractivity contribution in [1.29, 1.82) is 0 Å². The fraction of sp³-hybridized carbons (Fsp3) is 0.500. The molecule has 2 saturated heterocycles. The zero-order valence-electron chi connectivity index (χ0n) is 14.3. The zero-order chi connectivity index (χ0) is 17.2. The number of hydrogen-bond acceptors (Lipinski definition) is 5. The molecule has 0 radical (unpaired) electrons. The molecule has 25 heavy (non-hydrogen) atoms. The van der Waals surface area contributed by atoms with Crippen molar-refractivity contribution < 1.29 is 9.53 Å². The van der Waals surface area contributed by atoms with Crippen LogP contribution in [0.15, 0.2) is 36.9 Å². The van der Waals surface area contributed by atoms with Gasteiger partial charge in [0.2, 0.25) is 0 Å². The molecule has 0 unspecified atom stereocenters. The van der Waals surface area contributed by atoms with Crippen LogP contribution in [0.1, 0.15) is 18.4 Å². The number of pyridine rings is 1. The third-order valence-corrected chi connectivity index (χ3v) is 5.02. The smallest absolute Gasteiger partial charge is 0.253 e. The number of carbonyl (C=O) groups is 1. The van der Waals surface area contributed by atoms with Gasteiger partial charge in [0.1, 0.15) is 6.10 Å². The summed E-state index contributed by atoms with van der Waals surface area (Å²) in [6.07, 6.45) is 8.93. The van der Waals surface area contributed by atoms with Crippen molar-refractivity contribution in [3.63, 3.8) is 0 Å². The van der Waals surface area contributed by atoms with E-state index in [0.717, 1.165) is 32.5 Å². The fourth-order valence-corrected chi connectivity index (χ4v) is 3.78. The molecule has 0 saturated carbocycles. The first kappa shape index (κ1) is 16.2. The molecule has 0 aromatic carbocycles. The SMILES string of the molecule is Cn1cc(CN2CC[C@@H]3C[C@H](C(=O)Nc4cccnc4)O[C@H]3C2)cn1. The Morgan fingerprint density at radius 1 is 1.44 bits per heavy atom. The van der Waals surface area contributed by atoms with E-state index < -0.39 is 0 Å². The van der Waals surface area contributed by atoms with Crippen LogP contribution in [0.4, 0.5) is 5.69 Å². The van der Waals surface area contributed by atoms with E-state index in [1.807, 2.05) is 30.2 Å². The van der Waals surface area contributed by atoms with Gasteiger partial charge >= 0.3 is 0 Å². The fourth-order valence-electron chi connectivity index (χ4n) is 3.78. The summed E-state index contributed by atoms with van der Waals surface area (Å²) in [5.41, 5.74) is 1.92. The van der Waals surface area contributed by atoms with Gasteiger partial charge in [-0.05, 0) is 37.4 Å². The standard InChI is InChI=1S/C18H23N5O2/c1-22-10-13(8-20-22)11-23-6-4-14-7-16(25-17(14)12-23)18(24)21-15-3-2-5-19-9-15/h2-3,5,8-10,14,16-17H,4,6-7,11-12H2,1H3,(H,21,24)/t14-,16-,17+/m1/s1. The van der Waals surface area contributed by atoms with Gasteiger partial charge in [-0.15, -0.1) is 0 Å². The van der Waals surface area contributed by atoms with Crippen molar-refractivity contribution >= 4 is 11.6 Å². The molecule has 7 nitrogen and oxygen atoms in total. The third kappa shape index (κ3) is 3.72. The van der Waals surface area contributed by atoms with E-state index in [1.54, 1.807) is 18.5 Å². The minimum absolute atomic E-state index is 0.0683. The molecule has 2 aromatic rings. The topological polar surface area (TPSA) is 72.3 Å². The van der Waals surface area contributed by atoms with E-state index in [-0.39, 0.29) is 18.1 Å². The number of likely N-dealkylation sites (tertiary alicyclic amines) is 1. The number of carbonyl (C=O) groups excluding carboxylic acids is 1. The van der Waals surface area contributed by atoms with Gasteiger partial charge in [0.05, 0.1) is 24.2 Å². The molecule has 0 bridgehead atoms. The van der Waals surface area contributed by atoms with E-state index in [2.05, 4.69) is 20.3 Å². The first-order valence-corrected chi connectivity index (χ1v) is 8.73. The number of anilines is 1. The minimum atomic E-state index is -0.367. The van der Waals surface area contributed by atoms with E-state index in [4.69, 9.17) is 4.74 Å². The van der Waals surface area contributed by atoms with Crippen LogP contribution in [0.2, 0.25) is 0 Å². The average Bonchev–Trinajstić information content (AvgIpc) is 3.21. The summed E-state index contributed by atoms with van der Waals surface area (Å²) in [7, 11) is 1.93. The first-order valence-electron chi connectivity index (χ1n) is 8.73. The number of nitrogens with zero attached hydrogens (tertiary/aromatic N) is 4. The normalized spacial score (nSPS) is 26.4. The van der Waals surface area contributed by atoms with Crippen molar-refractivity contribution in [3.8, 4) is 0 Å². The lowest BCUT2D eigenvalue weighted by Gasteiger charge is -2.33. The second-order valence-corrected chi connectivity index (χ2v) is 6.94. The van der Waals surface area contributed by atoms with Crippen LogP contribution in [-0.4, -0.2) is 50.9 Å². The van der Waals surface area contributed by atoms with Gasteiger partial charge in [0, 0.05) is 38.1 Å². The van der Waals surface area contributed by atoms with Crippen molar-refractivity contribution in [3.05, 3.63) is 42.5 Å². The number of aryl methyl sites for hydroxylation is 1. The van der Waals surface area contributed by atoms with Crippen LogP contribution >= 0.6 is 0 Å². The summed E-state index contributed by atoms with van der Waals surface area (Å²) in [5.74, 6) is 0.399. The van der Waals surface area contributed by atoms with Crippen molar-refractivity contribution in [2.45, 2.75) is 31.6 Å². The van der Waals surface area contributed by atoms with Gasteiger partial charge in [0.25, 0.3) is 5.91 Å². The van der Waals surface area contributed by atoms with Gasteiger partial charge in [-0.1, -0.05) is 0 Å². The van der Waals surface area contributed by atoms with Crippen molar-refractivity contribution in [2.75, 3.05) is 18.4 Å². The first-order chi connectivity index (χ1) is 12.2. The quantitative estimate of drug-likeness (QED) is 0.911. The average molecular weight is 341 g/mol. The number of piperidine rings is 1. The Labute approximate surface area is 147 Å². The molecule has 1 amide bonds. The number of amides is 1. The molecule has 132 valence electrons. The Morgan fingerprint density at radius 3 is 3.12 bits per heavy atom. The number of nitrogens with one attached hydrogen (secondary N) is 1. The second-order valence-electron chi connectivity index (χ2n) is 6.94. The number of hydrogen-bond donors (Lipinski definition) is 1. The highest BCUT2D eigenvalue weighted by Gasteiger charge is 2.41. The summed E-state index contributed by atoms with van der Waals surface area (Å²) in [6, 6.07) is 3.64. The van der Waals surface area contributed by atoms with Crippen molar-refractivity contribution in [2.24, 2.45) is 13.0 Å². The van der Waals surface area contributed by atoms with Gasteiger partial charge < -0.3 is 10.1 Å². The summed E-state index contributed by atoms with van der Waals surface area (Å²) < 4.78 is 7.90. The van der Waals surface area contributed by atoms with E-state index >= 15 is 0 Å². The monoisotopic (exact) mass is 341 g/mol. The Hall–Kier alpha value is -2.25. The summed E-state index contributed by atoms with van der Waals surface area (Å²) in [4.78, 5) is 18.9. The Balaban J connectivity index is 1.33. The van der Waals surface area contributed by atoms with Crippen LogP contribution < -0.4 is 5.32 Å². The Bertz CT molecular complexity index is 732. The van der Waals surface area contributed by atoms with Crippen LogP contribution in [0.25, 0.3) is 0 Å². The van der Waals surface area contributed by atoms with Crippen molar-refractivity contribution in [1.82, 2.24) is 19.7 Å². The molecule has 2 aliphatic rings. The molecule has 2 aliphatic heterocycles. The maximum absolute atomic E-state index is 12.4. The lowest BCUT2D eigenvalue weighted by atomic mass is 9.91. The van der Waals surface area contributed by atoms with Crippen LogP contribution in [0.5, 0.6) is 0 Å². The molecular weight excluding hydrogens is 318 g/mol. The molecule has 0 spiro atoms. The van der Waals surface area contributed by atoms with E-state index in [9.17, 15) is 4.79 Å². The predicted molar refractivity (Wildman–Crippen MR) is 92.7 cm³/mol. The minimum Gasteiger partial charge on any atom is -0.364 e. The number of ether oxygens (including phenoxy) is 1. The molecule has 3 atom stereocenters. The van der Waals surface area contributed by atoms with E-state index in [1.165, 1.54) is 5.56 Å². The number of rotatable bonds is 4. The maximum Gasteiger partial charge on any atom is 0.253 e. The van der Waals surface area contributed by atoms with Gasteiger partial charge in [-0.25, -0.2) is 0 Å². The molecule has 7 heteroatoms. The molecule has 0 aliphatic carbocycles. The molecule has 4 heterocycles. The lowest BCUT2D eigenvalue weighted by Crippen LogP contribution is -2.41. The highest BCUT2D eigenvalue weighted by molar-refractivity contribution is 5.94. The largest absolute Gasteiger partial charge is 0.364 e. The van der Waals surface area contributed by atoms with Crippen LogP contribution in [-0.2, 0) is 23.1 Å². The molecular formula is C18H23N5O2. The second kappa shape index (κ2) is 6.93. The van der Waals surface area contributed by atoms with Gasteiger partial charge in [-0.3, -0.25) is 19.4 Å². The van der Waals surface area contributed by atoms with E-state index in [0.29, 0.717) is 11.6 Å². The highest BCUT2D eigenvalue weighted by Crippen LogP contribution is 2.34. The van der Waals surface area contributed by atoms with Crippen LogP contribution in [0, 0.1) is 5.92 Å². The maximum atomic E-state index is 12.4. The number of aromatic nitrogens is 3.